The number of halogens is 1. The molecule has 182 valence electrons. The lowest BCUT2D eigenvalue weighted by Gasteiger charge is -2.34. The monoisotopic (exact) mass is 492 g/mol. The highest BCUT2D eigenvalue weighted by molar-refractivity contribution is 6.33. The lowest BCUT2D eigenvalue weighted by Crippen LogP contribution is -2.46. The second-order valence-corrected chi connectivity index (χ2v) is 9.08. The van der Waals surface area contributed by atoms with E-state index in [9.17, 15) is 0 Å². The van der Waals surface area contributed by atoms with Crippen LogP contribution in [0.5, 0.6) is 5.75 Å². The summed E-state index contributed by atoms with van der Waals surface area (Å²) in [7, 11) is 1.67. The Bertz CT molecular complexity index is 1300. The molecule has 4 aromatic rings. The van der Waals surface area contributed by atoms with Crippen molar-refractivity contribution in [3.05, 3.63) is 65.4 Å². The van der Waals surface area contributed by atoms with Gasteiger partial charge in [-0.2, -0.15) is 0 Å². The number of aromatic nitrogens is 3. The zero-order chi connectivity index (χ0) is 24.2. The van der Waals surface area contributed by atoms with Gasteiger partial charge in [-0.15, -0.1) is 0 Å². The number of hydrogen-bond acceptors (Lipinski definition) is 7. The van der Waals surface area contributed by atoms with Crippen LogP contribution < -0.4 is 10.1 Å². The summed E-state index contributed by atoms with van der Waals surface area (Å²) >= 11 is 6.49. The van der Waals surface area contributed by atoms with Crippen LogP contribution in [0.4, 0.5) is 11.6 Å². The molecule has 2 aromatic heterocycles. The van der Waals surface area contributed by atoms with Crippen molar-refractivity contribution >= 4 is 34.1 Å². The molecule has 3 heterocycles. The van der Waals surface area contributed by atoms with Gasteiger partial charge in [0.05, 0.1) is 30.6 Å². The smallest absolute Gasteiger partial charge is 0.227 e. The molecule has 1 aliphatic rings. The molecule has 3 N–H and O–H groups in total. The largest absolute Gasteiger partial charge is 0.497 e. The molecule has 2 aromatic carbocycles. The Morgan fingerprint density at radius 3 is 2.71 bits per heavy atom. The zero-order valence-electron chi connectivity index (χ0n) is 19.7. The molecule has 0 saturated carbocycles. The Kier molecular flexibility index (Phi) is 7.15. The van der Waals surface area contributed by atoms with Crippen molar-refractivity contribution in [3.8, 4) is 17.0 Å². The van der Waals surface area contributed by atoms with Gasteiger partial charge in [0.15, 0.2) is 0 Å². The molecule has 9 heteroatoms. The van der Waals surface area contributed by atoms with E-state index in [1.807, 2.05) is 36.5 Å². The standard InChI is InChI=1S/C26H29ClN6O2/c1-35-20-13-18(17-33-8-6-32(7-9-33)10-11-34)12-19(14-20)30-26-29-16-23(27)25(31-26)22-15-28-24-5-3-2-4-21(22)24/h2-5,12-16,28,34H,6-11,17H2,1H3,(H,29,30,31). The van der Waals surface area contributed by atoms with Crippen molar-refractivity contribution in [2.45, 2.75) is 6.54 Å². The molecule has 1 saturated heterocycles. The molecular weight excluding hydrogens is 464 g/mol. The summed E-state index contributed by atoms with van der Waals surface area (Å²) in [6.45, 7) is 5.63. The van der Waals surface area contributed by atoms with E-state index >= 15 is 0 Å². The number of rotatable bonds is 8. The number of aliphatic hydroxyl groups is 1. The lowest BCUT2D eigenvalue weighted by atomic mass is 10.1. The van der Waals surface area contributed by atoms with Crippen LogP contribution in [-0.4, -0.2) is 76.3 Å². The maximum Gasteiger partial charge on any atom is 0.227 e. The summed E-state index contributed by atoms with van der Waals surface area (Å²) in [4.78, 5) is 17.1. The van der Waals surface area contributed by atoms with Crippen LogP contribution in [0.2, 0.25) is 5.02 Å². The Morgan fingerprint density at radius 1 is 1.11 bits per heavy atom. The molecule has 0 bridgehead atoms. The summed E-state index contributed by atoms with van der Waals surface area (Å²) in [6.07, 6.45) is 3.55. The second kappa shape index (κ2) is 10.6. The molecule has 1 aliphatic heterocycles. The number of hydrogen-bond donors (Lipinski definition) is 3. The maximum absolute atomic E-state index is 9.17. The minimum Gasteiger partial charge on any atom is -0.497 e. The maximum atomic E-state index is 9.17. The SMILES string of the molecule is COc1cc(CN2CCN(CCO)CC2)cc(Nc2ncc(Cl)c(-c3c[nH]c4ccccc34)n2)c1. The third-order valence-electron chi connectivity index (χ3n) is 6.33. The number of fused-ring (bicyclic) bond motifs is 1. The minimum atomic E-state index is 0.208. The van der Waals surface area contributed by atoms with E-state index < -0.39 is 0 Å². The molecule has 5 rings (SSSR count). The molecule has 0 atom stereocenters. The average Bonchev–Trinajstić information content (AvgIpc) is 3.30. The first-order chi connectivity index (χ1) is 17.1. The first kappa shape index (κ1) is 23.6. The molecule has 0 amide bonds. The van der Waals surface area contributed by atoms with Gasteiger partial charge >= 0.3 is 0 Å². The molecule has 0 spiro atoms. The molecule has 0 unspecified atom stereocenters. The molecule has 0 aliphatic carbocycles. The fourth-order valence-electron chi connectivity index (χ4n) is 4.53. The number of para-hydroxylation sites is 1. The molecular formula is C26H29ClN6O2. The van der Waals surface area contributed by atoms with E-state index in [1.54, 1.807) is 13.3 Å². The number of methoxy groups -OCH3 is 1. The van der Waals surface area contributed by atoms with E-state index in [-0.39, 0.29) is 6.61 Å². The van der Waals surface area contributed by atoms with Crippen molar-refractivity contribution < 1.29 is 9.84 Å². The quantitative estimate of drug-likeness (QED) is 0.340. The summed E-state index contributed by atoms with van der Waals surface area (Å²) < 4.78 is 5.56. The lowest BCUT2D eigenvalue weighted by molar-refractivity contribution is 0.108. The van der Waals surface area contributed by atoms with E-state index in [4.69, 9.17) is 26.4 Å². The highest BCUT2D eigenvalue weighted by Crippen LogP contribution is 2.33. The van der Waals surface area contributed by atoms with Gasteiger partial charge in [0.2, 0.25) is 5.95 Å². The molecule has 8 nitrogen and oxygen atoms in total. The van der Waals surface area contributed by atoms with Gasteiger partial charge in [-0.05, 0) is 23.8 Å². The first-order valence-corrected chi connectivity index (χ1v) is 12.1. The minimum absolute atomic E-state index is 0.208. The van der Waals surface area contributed by atoms with Crippen molar-refractivity contribution in [2.24, 2.45) is 0 Å². The molecule has 1 fully saturated rings. The highest BCUT2D eigenvalue weighted by Gasteiger charge is 2.17. The van der Waals surface area contributed by atoms with Gasteiger partial charge in [-0.1, -0.05) is 29.8 Å². The van der Waals surface area contributed by atoms with Crippen LogP contribution in [0.1, 0.15) is 5.56 Å². The van der Waals surface area contributed by atoms with Gasteiger partial charge in [0.1, 0.15) is 5.75 Å². The normalized spacial score (nSPS) is 14.9. The third-order valence-corrected chi connectivity index (χ3v) is 6.61. The molecule has 0 radical (unpaired) electrons. The Morgan fingerprint density at radius 2 is 1.91 bits per heavy atom. The number of H-pyrrole nitrogens is 1. The van der Waals surface area contributed by atoms with E-state index in [2.05, 4.69) is 37.2 Å². The predicted molar refractivity (Wildman–Crippen MR) is 139 cm³/mol. The first-order valence-electron chi connectivity index (χ1n) is 11.7. The fraction of sp³-hybridized carbons (Fsp3) is 0.308. The summed E-state index contributed by atoms with van der Waals surface area (Å²) in [5.41, 5.74) is 4.63. The second-order valence-electron chi connectivity index (χ2n) is 8.67. The average molecular weight is 493 g/mol. The van der Waals surface area contributed by atoms with Gasteiger partial charge in [-0.25, -0.2) is 9.97 Å². The summed E-state index contributed by atoms with van der Waals surface area (Å²) in [6, 6.07) is 14.2. The number of aromatic amines is 1. The van der Waals surface area contributed by atoms with Crippen LogP contribution >= 0.6 is 11.6 Å². The van der Waals surface area contributed by atoms with Crippen molar-refractivity contribution in [1.82, 2.24) is 24.8 Å². The topological polar surface area (TPSA) is 89.5 Å². The number of ether oxygens (including phenoxy) is 1. The molecule has 35 heavy (non-hydrogen) atoms. The zero-order valence-corrected chi connectivity index (χ0v) is 20.4. The number of β-amino-alcohol motifs (C(OH)–C–C–N with tert-alkyl or cyclic N) is 1. The fourth-order valence-corrected chi connectivity index (χ4v) is 4.72. The number of nitrogens with zero attached hydrogens (tertiary/aromatic N) is 4. The van der Waals surface area contributed by atoms with Crippen molar-refractivity contribution in [1.29, 1.82) is 0 Å². The van der Waals surface area contributed by atoms with Crippen LogP contribution in [0.25, 0.3) is 22.2 Å². The van der Waals surface area contributed by atoms with Crippen LogP contribution in [-0.2, 0) is 6.54 Å². The van der Waals surface area contributed by atoms with E-state index in [1.165, 1.54) is 0 Å². The number of aliphatic hydroxyl groups excluding tert-OH is 1. The van der Waals surface area contributed by atoms with Crippen LogP contribution in [0, 0.1) is 0 Å². The van der Waals surface area contributed by atoms with Crippen molar-refractivity contribution in [2.75, 3.05) is 51.8 Å². The third kappa shape index (κ3) is 5.41. The Labute approximate surface area is 209 Å². The van der Waals surface area contributed by atoms with Gasteiger partial charge in [0.25, 0.3) is 0 Å². The number of nitrogens with one attached hydrogen (secondary N) is 2. The number of anilines is 2. The van der Waals surface area contributed by atoms with Crippen LogP contribution in [0.15, 0.2) is 54.9 Å². The number of benzene rings is 2. The van der Waals surface area contributed by atoms with Gasteiger partial charge < -0.3 is 20.1 Å². The van der Waals surface area contributed by atoms with Crippen LogP contribution in [0.3, 0.4) is 0 Å². The van der Waals surface area contributed by atoms with Gasteiger partial charge in [0, 0.05) is 73.7 Å². The highest BCUT2D eigenvalue weighted by atomic mass is 35.5. The van der Waals surface area contributed by atoms with Crippen molar-refractivity contribution in [3.63, 3.8) is 0 Å². The van der Waals surface area contributed by atoms with Gasteiger partial charge in [-0.3, -0.25) is 9.80 Å². The summed E-state index contributed by atoms with van der Waals surface area (Å²) in [5, 5.41) is 14.0. The Balaban J connectivity index is 1.36. The van der Waals surface area contributed by atoms with E-state index in [0.717, 1.165) is 72.7 Å². The van der Waals surface area contributed by atoms with E-state index in [0.29, 0.717) is 16.7 Å². The summed E-state index contributed by atoms with van der Waals surface area (Å²) in [5.74, 6) is 1.24. The Hall–Kier alpha value is -3.17. The predicted octanol–water partition coefficient (Wildman–Crippen LogP) is 4.14. The number of piperazine rings is 1.